The lowest BCUT2D eigenvalue weighted by Gasteiger charge is -2.08. The minimum atomic E-state index is -1.17. The van der Waals surface area contributed by atoms with Crippen molar-refractivity contribution in [1.82, 2.24) is 4.57 Å². The topological polar surface area (TPSA) is 42.2 Å². The van der Waals surface area contributed by atoms with Gasteiger partial charge in [0.1, 0.15) is 0 Å². The van der Waals surface area contributed by atoms with Gasteiger partial charge in [-0.25, -0.2) is 13.6 Å². The van der Waals surface area contributed by atoms with Gasteiger partial charge in [-0.2, -0.15) is 0 Å². The fraction of sp³-hybridized carbons (Fsp3) is 0.154. The quantitative estimate of drug-likeness (QED) is 0.891. The summed E-state index contributed by atoms with van der Waals surface area (Å²) in [5.41, 5.74) is 0.727. The van der Waals surface area contributed by atoms with E-state index in [9.17, 15) is 13.6 Å². The van der Waals surface area contributed by atoms with Crippen molar-refractivity contribution in [3.05, 3.63) is 47.2 Å². The normalized spacial score (nSPS) is 10.7. The van der Waals surface area contributed by atoms with Crippen LogP contribution >= 0.6 is 0 Å². The summed E-state index contributed by atoms with van der Waals surface area (Å²) in [6.07, 6.45) is 0. The van der Waals surface area contributed by atoms with Crippen LogP contribution in [0.15, 0.2) is 24.3 Å². The average Bonchev–Trinajstić information content (AvgIpc) is 2.60. The summed E-state index contributed by atoms with van der Waals surface area (Å²) in [5.74, 6) is -3.21. The highest BCUT2D eigenvalue weighted by Gasteiger charge is 2.21. The van der Waals surface area contributed by atoms with Crippen LogP contribution in [0.3, 0.4) is 0 Å². The van der Waals surface area contributed by atoms with Gasteiger partial charge in [0, 0.05) is 18.3 Å². The van der Waals surface area contributed by atoms with Gasteiger partial charge in [0.2, 0.25) is 0 Å². The van der Waals surface area contributed by atoms with E-state index in [1.165, 1.54) is 22.8 Å². The standard InChI is InChI=1S/C13H11F2NO2/c1-7-6-9(13(17)18)12(16(7)2)8-4-3-5-10(14)11(8)15/h3-6H,1-2H3,(H,17,18). The van der Waals surface area contributed by atoms with Crippen molar-refractivity contribution in [3.63, 3.8) is 0 Å². The van der Waals surface area contributed by atoms with Crippen molar-refractivity contribution < 1.29 is 18.7 Å². The second-order valence-corrected chi connectivity index (χ2v) is 4.01. The molecule has 1 aromatic carbocycles. The molecule has 3 nitrogen and oxygen atoms in total. The Labute approximate surface area is 102 Å². The molecular weight excluding hydrogens is 240 g/mol. The van der Waals surface area contributed by atoms with Crippen LogP contribution in [-0.4, -0.2) is 15.6 Å². The van der Waals surface area contributed by atoms with Crippen LogP contribution in [0.4, 0.5) is 8.78 Å². The number of hydrogen-bond donors (Lipinski definition) is 1. The highest BCUT2D eigenvalue weighted by molar-refractivity contribution is 5.95. The molecule has 18 heavy (non-hydrogen) atoms. The van der Waals surface area contributed by atoms with E-state index < -0.39 is 17.6 Å². The first-order chi connectivity index (χ1) is 8.43. The second kappa shape index (κ2) is 4.25. The Kier molecular flexibility index (Phi) is 2.90. The molecule has 0 aliphatic rings. The molecule has 0 spiro atoms. The molecule has 5 heteroatoms. The van der Waals surface area contributed by atoms with E-state index >= 15 is 0 Å². The molecule has 0 bridgehead atoms. The molecular formula is C13H11F2NO2. The maximum atomic E-state index is 13.7. The molecule has 0 fully saturated rings. The first kappa shape index (κ1) is 12.3. The molecule has 1 heterocycles. The number of halogens is 2. The monoisotopic (exact) mass is 251 g/mol. The van der Waals surface area contributed by atoms with Gasteiger partial charge in [-0.05, 0) is 25.1 Å². The summed E-state index contributed by atoms with van der Waals surface area (Å²) in [7, 11) is 1.61. The average molecular weight is 251 g/mol. The van der Waals surface area contributed by atoms with E-state index in [1.54, 1.807) is 14.0 Å². The number of rotatable bonds is 2. The number of hydrogen-bond acceptors (Lipinski definition) is 1. The van der Waals surface area contributed by atoms with Crippen molar-refractivity contribution >= 4 is 5.97 Å². The third-order valence-corrected chi connectivity index (χ3v) is 2.91. The van der Waals surface area contributed by atoms with Crippen LogP contribution in [0.25, 0.3) is 11.3 Å². The van der Waals surface area contributed by atoms with Crippen LogP contribution in [0, 0.1) is 18.6 Å². The molecule has 0 saturated carbocycles. The molecule has 1 aromatic heterocycles. The first-order valence-electron chi connectivity index (χ1n) is 5.27. The van der Waals surface area contributed by atoms with Gasteiger partial charge in [0.05, 0.1) is 11.3 Å². The molecule has 0 amide bonds. The van der Waals surface area contributed by atoms with E-state index in [-0.39, 0.29) is 16.8 Å². The number of aromatic carboxylic acids is 1. The van der Waals surface area contributed by atoms with Crippen LogP contribution < -0.4 is 0 Å². The van der Waals surface area contributed by atoms with Crippen molar-refractivity contribution in [1.29, 1.82) is 0 Å². The maximum absolute atomic E-state index is 13.7. The number of benzene rings is 1. The molecule has 2 rings (SSSR count). The SMILES string of the molecule is Cc1cc(C(=O)O)c(-c2cccc(F)c2F)n1C. The Morgan fingerprint density at radius 3 is 2.61 bits per heavy atom. The summed E-state index contributed by atoms with van der Waals surface area (Å²) < 4.78 is 28.5. The minimum Gasteiger partial charge on any atom is -0.478 e. The Hall–Kier alpha value is -2.17. The molecule has 0 unspecified atom stereocenters. The fourth-order valence-corrected chi connectivity index (χ4v) is 1.91. The Balaban J connectivity index is 2.78. The number of aromatic nitrogens is 1. The molecule has 1 N–H and O–H groups in total. The number of carbonyl (C=O) groups is 1. The van der Waals surface area contributed by atoms with Gasteiger partial charge < -0.3 is 9.67 Å². The summed E-state index contributed by atoms with van der Waals surface area (Å²) >= 11 is 0. The van der Waals surface area contributed by atoms with Crippen LogP contribution in [0.5, 0.6) is 0 Å². The summed E-state index contributed by atoms with van der Waals surface area (Å²) in [6.45, 7) is 1.70. The van der Waals surface area contributed by atoms with Crippen LogP contribution in [0.2, 0.25) is 0 Å². The van der Waals surface area contributed by atoms with E-state index in [4.69, 9.17) is 5.11 Å². The summed E-state index contributed by atoms with van der Waals surface area (Å²) in [6, 6.07) is 5.14. The van der Waals surface area contributed by atoms with E-state index in [0.717, 1.165) is 6.07 Å². The number of carboxylic acid groups (broad SMARTS) is 1. The van der Waals surface area contributed by atoms with Gasteiger partial charge in [-0.1, -0.05) is 6.07 Å². The number of carboxylic acids is 1. The number of nitrogens with zero attached hydrogens (tertiary/aromatic N) is 1. The lowest BCUT2D eigenvalue weighted by Crippen LogP contribution is -2.03. The smallest absolute Gasteiger partial charge is 0.337 e. The predicted octanol–water partition coefficient (Wildman–Crippen LogP) is 2.98. The Morgan fingerprint density at radius 1 is 1.33 bits per heavy atom. The largest absolute Gasteiger partial charge is 0.478 e. The van der Waals surface area contributed by atoms with Gasteiger partial charge in [-0.3, -0.25) is 0 Å². The van der Waals surface area contributed by atoms with Crippen LogP contribution in [-0.2, 0) is 7.05 Å². The van der Waals surface area contributed by atoms with Gasteiger partial charge in [0.25, 0.3) is 0 Å². The third-order valence-electron chi connectivity index (χ3n) is 2.91. The molecule has 0 aliphatic heterocycles. The highest BCUT2D eigenvalue weighted by atomic mass is 19.2. The van der Waals surface area contributed by atoms with Crippen molar-refractivity contribution in [2.45, 2.75) is 6.92 Å². The Bertz CT molecular complexity index is 632. The Morgan fingerprint density at radius 2 is 2.00 bits per heavy atom. The lowest BCUT2D eigenvalue weighted by atomic mass is 10.1. The van der Waals surface area contributed by atoms with Gasteiger partial charge >= 0.3 is 5.97 Å². The van der Waals surface area contributed by atoms with Crippen molar-refractivity contribution in [2.75, 3.05) is 0 Å². The summed E-state index contributed by atoms with van der Waals surface area (Å²) in [4.78, 5) is 11.1. The maximum Gasteiger partial charge on any atom is 0.337 e. The number of aryl methyl sites for hydroxylation is 1. The zero-order chi connectivity index (χ0) is 13.4. The zero-order valence-corrected chi connectivity index (χ0v) is 9.87. The fourth-order valence-electron chi connectivity index (χ4n) is 1.91. The zero-order valence-electron chi connectivity index (χ0n) is 9.87. The van der Waals surface area contributed by atoms with Gasteiger partial charge in [-0.15, -0.1) is 0 Å². The predicted molar refractivity (Wildman–Crippen MR) is 62.5 cm³/mol. The minimum absolute atomic E-state index is 0.0421. The van der Waals surface area contributed by atoms with Gasteiger partial charge in [0.15, 0.2) is 11.6 Å². The third kappa shape index (κ3) is 1.77. The van der Waals surface area contributed by atoms with Crippen LogP contribution in [0.1, 0.15) is 16.1 Å². The van der Waals surface area contributed by atoms with E-state index in [0.29, 0.717) is 5.69 Å². The van der Waals surface area contributed by atoms with E-state index in [1.807, 2.05) is 0 Å². The molecule has 0 aliphatic carbocycles. The van der Waals surface area contributed by atoms with Crippen molar-refractivity contribution in [3.8, 4) is 11.3 Å². The summed E-state index contributed by atoms with van der Waals surface area (Å²) in [5, 5.41) is 9.10. The lowest BCUT2D eigenvalue weighted by molar-refractivity contribution is 0.0697. The molecule has 0 atom stereocenters. The molecule has 94 valence electrons. The second-order valence-electron chi connectivity index (χ2n) is 4.01. The molecule has 0 saturated heterocycles. The molecule has 0 radical (unpaired) electrons. The molecule has 2 aromatic rings. The van der Waals surface area contributed by atoms with Crippen molar-refractivity contribution in [2.24, 2.45) is 7.05 Å². The van der Waals surface area contributed by atoms with E-state index in [2.05, 4.69) is 0 Å². The highest BCUT2D eigenvalue weighted by Crippen LogP contribution is 2.29. The first-order valence-corrected chi connectivity index (χ1v) is 5.27.